The van der Waals surface area contributed by atoms with Gasteiger partial charge < -0.3 is 25.6 Å². The van der Waals surface area contributed by atoms with Gasteiger partial charge in [-0.2, -0.15) is 0 Å². The van der Waals surface area contributed by atoms with E-state index in [1.807, 2.05) is 18.2 Å². The summed E-state index contributed by atoms with van der Waals surface area (Å²) in [7, 11) is 0. The van der Waals surface area contributed by atoms with Crippen molar-refractivity contribution in [2.24, 2.45) is 11.8 Å². The molecule has 2 atom stereocenters. The van der Waals surface area contributed by atoms with Crippen LogP contribution in [0.1, 0.15) is 33.1 Å². The molecule has 2 rings (SSSR count). The normalized spacial score (nSPS) is 20.1. The van der Waals surface area contributed by atoms with Gasteiger partial charge in [0.25, 0.3) is 5.91 Å². The number of hydrogen-bond acceptors (Lipinski definition) is 5. The number of aliphatic hydroxyl groups is 1. The van der Waals surface area contributed by atoms with Gasteiger partial charge in [0, 0.05) is 13.0 Å². The number of nitrogens with one attached hydrogen (secondary N) is 1. The number of benzene rings is 1. The van der Waals surface area contributed by atoms with Crippen molar-refractivity contribution in [1.82, 2.24) is 0 Å². The number of aliphatic hydroxyl groups excluding tert-OH is 1. The minimum Gasteiger partial charge on any atom is -0.459 e. The molecular weight excluding hydrogens is 320 g/mol. The molecule has 138 valence electrons. The van der Waals surface area contributed by atoms with E-state index < -0.39 is 6.29 Å². The average molecular weight is 348 g/mol. The maximum absolute atomic E-state index is 12.6. The molecule has 1 aromatic carbocycles. The second-order valence-corrected chi connectivity index (χ2v) is 6.56. The Bertz CT molecular complexity index is 601. The highest BCUT2D eigenvalue weighted by atomic mass is 16.7. The first kappa shape index (κ1) is 19.3. The van der Waals surface area contributed by atoms with E-state index in [-0.39, 0.29) is 24.2 Å². The van der Waals surface area contributed by atoms with Crippen molar-refractivity contribution in [3.63, 3.8) is 0 Å². The first-order valence-electron chi connectivity index (χ1n) is 8.78. The van der Waals surface area contributed by atoms with Gasteiger partial charge in [-0.1, -0.05) is 26.0 Å². The van der Waals surface area contributed by atoms with Crippen LogP contribution < -0.4 is 11.1 Å². The number of nitrogens with two attached hydrogens (primary N) is 1. The molecule has 1 aliphatic rings. The van der Waals surface area contributed by atoms with Crippen molar-refractivity contribution in [1.29, 1.82) is 0 Å². The standard InChI is InChI=1S/C19H28N2O4/c1-13(2)14-11-17(25-18(12-14)24-10-6-5-9-22)19(23)21-16-8-4-3-7-15(16)20/h3-4,7-8,11,13-14,18,22H,5-6,9-10,12,20H2,1-2H3,(H,21,23)/t14-,18+/m0/s1. The van der Waals surface area contributed by atoms with Gasteiger partial charge in [0.2, 0.25) is 6.29 Å². The first-order valence-corrected chi connectivity index (χ1v) is 8.78. The SMILES string of the molecule is CC(C)[C@H]1C=C(C(=O)Nc2ccccc2N)O[C@@H](OCCCCO)C1. The number of rotatable bonds is 8. The number of amides is 1. The largest absolute Gasteiger partial charge is 0.459 e. The lowest BCUT2D eigenvalue weighted by Crippen LogP contribution is -2.31. The summed E-state index contributed by atoms with van der Waals surface area (Å²) < 4.78 is 11.5. The predicted molar refractivity (Wildman–Crippen MR) is 97.7 cm³/mol. The number of anilines is 2. The summed E-state index contributed by atoms with van der Waals surface area (Å²) in [4.78, 5) is 12.6. The quantitative estimate of drug-likeness (QED) is 0.496. The van der Waals surface area contributed by atoms with Gasteiger partial charge in [-0.05, 0) is 42.9 Å². The molecule has 0 fully saturated rings. The molecule has 0 radical (unpaired) electrons. The van der Waals surface area contributed by atoms with Crippen molar-refractivity contribution in [3.8, 4) is 0 Å². The molecular formula is C19H28N2O4. The lowest BCUT2D eigenvalue weighted by atomic mass is 9.90. The topological polar surface area (TPSA) is 93.8 Å². The summed E-state index contributed by atoms with van der Waals surface area (Å²) >= 11 is 0. The average Bonchev–Trinajstić information content (AvgIpc) is 2.60. The number of unbranched alkanes of at least 4 members (excludes halogenated alkanes) is 1. The van der Waals surface area contributed by atoms with Gasteiger partial charge in [-0.15, -0.1) is 0 Å². The molecule has 6 nitrogen and oxygen atoms in total. The number of hydrogen-bond donors (Lipinski definition) is 3. The molecule has 0 unspecified atom stereocenters. The fourth-order valence-corrected chi connectivity index (χ4v) is 2.63. The minimum absolute atomic E-state index is 0.148. The van der Waals surface area contributed by atoms with Crippen LogP contribution in [0.5, 0.6) is 0 Å². The second-order valence-electron chi connectivity index (χ2n) is 6.56. The molecule has 0 aromatic heterocycles. The molecule has 25 heavy (non-hydrogen) atoms. The maximum atomic E-state index is 12.6. The predicted octanol–water partition coefficient (Wildman–Crippen LogP) is 2.90. The van der Waals surface area contributed by atoms with Gasteiger partial charge in [0.1, 0.15) is 0 Å². The molecule has 0 saturated heterocycles. The summed E-state index contributed by atoms with van der Waals surface area (Å²) in [5.41, 5.74) is 6.94. The summed E-state index contributed by atoms with van der Waals surface area (Å²) in [6.07, 6.45) is 3.57. The van der Waals surface area contributed by atoms with Crippen LogP contribution in [0.15, 0.2) is 36.1 Å². The molecule has 1 aromatic rings. The lowest BCUT2D eigenvalue weighted by Gasteiger charge is -2.31. The molecule has 0 saturated carbocycles. The van der Waals surface area contributed by atoms with Crippen LogP contribution in [-0.4, -0.2) is 30.5 Å². The first-order chi connectivity index (χ1) is 12.0. The van der Waals surface area contributed by atoms with E-state index in [0.29, 0.717) is 36.7 Å². The Kier molecular flexibility index (Phi) is 7.28. The van der Waals surface area contributed by atoms with Gasteiger partial charge in [-0.3, -0.25) is 4.79 Å². The van der Waals surface area contributed by atoms with Crippen LogP contribution in [0, 0.1) is 11.8 Å². The van der Waals surface area contributed by atoms with E-state index in [9.17, 15) is 4.79 Å². The van der Waals surface area contributed by atoms with E-state index in [2.05, 4.69) is 19.2 Å². The van der Waals surface area contributed by atoms with Gasteiger partial charge in [-0.25, -0.2) is 0 Å². The summed E-state index contributed by atoms with van der Waals surface area (Å²) in [5.74, 6) is 0.509. The molecule has 0 bridgehead atoms. The number of para-hydroxylation sites is 2. The maximum Gasteiger partial charge on any atom is 0.290 e. The molecule has 1 amide bonds. The van der Waals surface area contributed by atoms with Gasteiger partial charge in [0.05, 0.1) is 18.0 Å². The molecule has 1 heterocycles. The third-order valence-corrected chi connectivity index (χ3v) is 4.23. The zero-order chi connectivity index (χ0) is 18.2. The summed E-state index contributed by atoms with van der Waals surface area (Å²) in [5, 5.41) is 11.6. The molecule has 0 aliphatic carbocycles. The highest BCUT2D eigenvalue weighted by molar-refractivity contribution is 6.04. The Hall–Kier alpha value is -2.05. The van der Waals surface area contributed by atoms with Crippen molar-refractivity contribution >= 4 is 17.3 Å². The van der Waals surface area contributed by atoms with Crippen molar-refractivity contribution < 1.29 is 19.4 Å². The zero-order valence-electron chi connectivity index (χ0n) is 14.9. The second kappa shape index (κ2) is 9.44. The van der Waals surface area contributed by atoms with E-state index in [4.69, 9.17) is 20.3 Å². The highest BCUT2D eigenvalue weighted by Gasteiger charge is 2.29. The molecule has 4 N–H and O–H groups in total. The van der Waals surface area contributed by atoms with E-state index >= 15 is 0 Å². The van der Waals surface area contributed by atoms with Crippen LogP contribution in [-0.2, 0) is 14.3 Å². The van der Waals surface area contributed by atoms with Crippen molar-refractivity contribution in [2.75, 3.05) is 24.3 Å². The molecule has 1 aliphatic heterocycles. The Morgan fingerprint density at radius 2 is 2.16 bits per heavy atom. The van der Waals surface area contributed by atoms with E-state index in [1.54, 1.807) is 12.1 Å². The fourth-order valence-electron chi connectivity index (χ4n) is 2.63. The van der Waals surface area contributed by atoms with Crippen molar-refractivity contribution in [2.45, 2.75) is 39.4 Å². The number of ether oxygens (including phenoxy) is 2. The van der Waals surface area contributed by atoms with E-state index in [1.165, 1.54) is 0 Å². The number of allylic oxidation sites excluding steroid dienone is 1. The third-order valence-electron chi connectivity index (χ3n) is 4.23. The van der Waals surface area contributed by atoms with E-state index in [0.717, 1.165) is 6.42 Å². The van der Waals surface area contributed by atoms with Gasteiger partial charge >= 0.3 is 0 Å². The Morgan fingerprint density at radius 1 is 1.40 bits per heavy atom. The van der Waals surface area contributed by atoms with Crippen LogP contribution in [0.4, 0.5) is 11.4 Å². The fraction of sp³-hybridized carbons (Fsp3) is 0.526. The van der Waals surface area contributed by atoms with Crippen LogP contribution >= 0.6 is 0 Å². The third kappa shape index (κ3) is 5.76. The van der Waals surface area contributed by atoms with Crippen molar-refractivity contribution in [3.05, 3.63) is 36.1 Å². The van der Waals surface area contributed by atoms with Gasteiger partial charge in [0.15, 0.2) is 5.76 Å². The van der Waals surface area contributed by atoms with Crippen LogP contribution in [0.25, 0.3) is 0 Å². The highest BCUT2D eigenvalue weighted by Crippen LogP contribution is 2.29. The number of nitrogen functional groups attached to an aromatic ring is 1. The summed E-state index contributed by atoms with van der Waals surface area (Å²) in [6, 6.07) is 7.10. The Morgan fingerprint density at radius 3 is 2.84 bits per heavy atom. The molecule has 6 heteroatoms. The Balaban J connectivity index is 2.03. The van der Waals surface area contributed by atoms with Crippen LogP contribution in [0.3, 0.4) is 0 Å². The number of carbonyl (C=O) groups is 1. The summed E-state index contributed by atoms with van der Waals surface area (Å²) in [6.45, 7) is 4.87. The number of carbonyl (C=O) groups excluding carboxylic acids is 1. The monoisotopic (exact) mass is 348 g/mol. The van der Waals surface area contributed by atoms with Crippen LogP contribution in [0.2, 0.25) is 0 Å². The molecule has 0 spiro atoms. The lowest BCUT2D eigenvalue weighted by molar-refractivity contribution is -0.148. The zero-order valence-corrected chi connectivity index (χ0v) is 14.9. The smallest absolute Gasteiger partial charge is 0.290 e. The minimum atomic E-state index is -0.454. The Labute approximate surface area is 149 Å².